The van der Waals surface area contributed by atoms with Crippen molar-refractivity contribution in [3.05, 3.63) is 24.2 Å². The van der Waals surface area contributed by atoms with Crippen molar-refractivity contribution >= 4 is 5.91 Å². The Morgan fingerprint density at radius 2 is 2.46 bits per heavy atom. The van der Waals surface area contributed by atoms with Gasteiger partial charge in [-0.15, -0.1) is 0 Å². The number of carbonyl (C=O) groups is 1. The Morgan fingerprint density at radius 3 is 3.00 bits per heavy atom. The van der Waals surface area contributed by atoms with Gasteiger partial charge in [-0.2, -0.15) is 0 Å². The topological polar surface area (TPSA) is 32.3 Å². The molecule has 1 saturated heterocycles. The summed E-state index contributed by atoms with van der Waals surface area (Å²) in [6, 6.07) is 0. The Bertz CT molecular complexity index is 260. The first-order valence-corrected chi connectivity index (χ1v) is 4.15. The third kappa shape index (κ3) is 2.66. The van der Waals surface area contributed by atoms with E-state index in [-0.39, 0.29) is 5.91 Å². The fourth-order valence-corrected chi connectivity index (χ4v) is 1.28. The van der Waals surface area contributed by atoms with E-state index in [1.54, 1.807) is 11.8 Å². The summed E-state index contributed by atoms with van der Waals surface area (Å²) >= 11 is 0. The second-order valence-corrected chi connectivity index (χ2v) is 2.95. The van der Waals surface area contributed by atoms with E-state index in [1.165, 1.54) is 6.08 Å². The van der Waals surface area contributed by atoms with Gasteiger partial charge in [0.2, 0.25) is 5.91 Å². The maximum absolute atomic E-state index is 12.4. The predicted molar refractivity (Wildman–Crippen MR) is 48.6 cm³/mol. The summed E-state index contributed by atoms with van der Waals surface area (Å²) in [6.07, 6.45) is 1.27. The van der Waals surface area contributed by atoms with Gasteiger partial charge < -0.3 is 10.2 Å². The van der Waals surface area contributed by atoms with E-state index in [9.17, 15) is 9.18 Å². The summed E-state index contributed by atoms with van der Waals surface area (Å²) in [5.74, 6) is -0.551. The van der Waals surface area contributed by atoms with Gasteiger partial charge >= 0.3 is 0 Å². The van der Waals surface area contributed by atoms with Crippen molar-refractivity contribution in [1.29, 1.82) is 0 Å². The Labute approximate surface area is 76.9 Å². The van der Waals surface area contributed by atoms with Gasteiger partial charge in [0.15, 0.2) is 0 Å². The predicted octanol–water partition coefficient (Wildman–Crippen LogP) is 0.805. The highest BCUT2D eigenvalue weighted by Gasteiger charge is 2.18. The zero-order valence-electron chi connectivity index (χ0n) is 7.64. The number of nitrogens with zero attached hydrogens (tertiary/aromatic N) is 1. The van der Waals surface area contributed by atoms with Crippen molar-refractivity contribution in [1.82, 2.24) is 10.2 Å². The minimum atomic E-state index is -0.524. The largest absolute Gasteiger partial charge is 0.314 e. The molecule has 72 valence electrons. The fraction of sp³-hybridized carbons (Fsp3) is 0.444. The zero-order valence-corrected chi connectivity index (χ0v) is 7.64. The fourth-order valence-electron chi connectivity index (χ4n) is 1.28. The zero-order chi connectivity index (χ0) is 9.84. The number of amides is 1. The molecule has 0 spiro atoms. The molecule has 0 aromatic rings. The molecule has 1 rings (SSSR count). The quantitative estimate of drug-likeness (QED) is 0.644. The van der Waals surface area contributed by atoms with Crippen LogP contribution < -0.4 is 5.32 Å². The smallest absolute Gasteiger partial charge is 0.240 e. The molecule has 0 saturated carbocycles. The van der Waals surface area contributed by atoms with Crippen LogP contribution in [-0.4, -0.2) is 30.4 Å². The Kier molecular flexibility index (Phi) is 3.19. The first kappa shape index (κ1) is 9.92. The average Bonchev–Trinajstić information content (AvgIpc) is 2.03. The first-order chi connectivity index (χ1) is 6.11. The molecule has 0 radical (unpaired) electrons. The van der Waals surface area contributed by atoms with Crippen LogP contribution >= 0.6 is 0 Å². The molecule has 1 N–H and O–H groups in total. The maximum Gasteiger partial charge on any atom is 0.240 e. The van der Waals surface area contributed by atoms with Crippen LogP contribution in [0.25, 0.3) is 0 Å². The summed E-state index contributed by atoms with van der Waals surface area (Å²) in [5, 5.41) is 2.94. The van der Waals surface area contributed by atoms with Crippen LogP contribution in [0.1, 0.15) is 6.92 Å². The SMILES string of the molecule is C=C(F)/C=C(\C)N1CCNCC1=O. The van der Waals surface area contributed by atoms with Crippen LogP contribution in [-0.2, 0) is 4.79 Å². The second-order valence-electron chi connectivity index (χ2n) is 2.95. The Balaban J connectivity index is 2.69. The van der Waals surface area contributed by atoms with Gasteiger partial charge in [-0.05, 0) is 13.0 Å². The van der Waals surface area contributed by atoms with Gasteiger partial charge in [-0.3, -0.25) is 4.79 Å². The lowest BCUT2D eigenvalue weighted by Gasteiger charge is -2.27. The van der Waals surface area contributed by atoms with Gasteiger partial charge in [0.05, 0.1) is 6.54 Å². The van der Waals surface area contributed by atoms with E-state index in [1.807, 2.05) is 0 Å². The van der Waals surface area contributed by atoms with E-state index in [4.69, 9.17) is 0 Å². The van der Waals surface area contributed by atoms with Crippen molar-refractivity contribution in [3.8, 4) is 0 Å². The van der Waals surface area contributed by atoms with Crippen LogP contribution in [0.4, 0.5) is 4.39 Å². The average molecular weight is 184 g/mol. The normalized spacial score (nSPS) is 19.1. The first-order valence-electron chi connectivity index (χ1n) is 4.15. The molecule has 1 heterocycles. The van der Waals surface area contributed by atoms with Crippen LogP contribution in [0.5, 0.6) is 0 Å². The van der Waals surface area contributed by atoms with Gasteiger partial charge in [-0.25, -0.2) is 4.39 Å². The molecule has 0 aliphatic carbocycles. The third-order valence-electron chi connectivity index (χ3n) is 1.88. The molecule has 0 atom stereocenters. The molecule has 13 heavy (non-hydrogen) atoms. The van der Waals surface area contributed by atoms with Crippen LogP contribution in [0.3, 0.4) is 0 Å². The number of hydrogen-bond acceptors (Lipinski definition) is 2. The van der Waals surface area contributed by atoms with E-state index >= 15 is 0 Å². The van der Waals surface area contributed by atoms with Crippen molar-refractivity contribution in [2.75, 3.05) is 19.6 Å². The van der Waals surface area contributed by atoms with Gasteiger partial charge in [-0.1, -0.05) is 6.58 Å². The molecule has 1 fully saturated rings. The molecule has 0 aromatic heterocycles. The molecule has 4 heteroatoms. The number of rotatable bonds is 2. The van der Waals surface area contributed by atoms with E-state index in [2.05, 4.69) is 11.9 Å². The van der Waals surface area contributed by atoms with Crippen LogP contribution in [0, 0.1) is 0 Å². The number of piperazine rings is 1. The van der Waals surface area contributed by atoms with E-state index in [0.29, 0.717) is 18.8 Å². The number of allylic oxidation sites excluding steroid dienone is 3. The van der Waals surface area contributed by atoms with Crippen LogP contribution in [0.15, 0.2) is 24.2 Å². The van der Waals surface area contributed by atoms with Crippen molar-refractivity contribution in [3.63, 3.8) is 0 Å². The highest BCUT2D eigenvalue weighted by atomic mass is 19.1. The number of halogens is 1. The van der Waals surface area contributed by atoms with Gasteiger partial charge in [0.25, 0.3) is 0 Å². The monoisotopic (exact) mass is 184 g/mol. The number of nitrogens with one attached hydrogen (secondary N) is 1. The Hall–Kier alpha value is -1.16. The Morgan fingerprint density at radius 1 is 1.77 bits per heavy atom. The molecule has 0 bridgehead atoms. The molecule has 1 aliphatic rings. The lowest BCUT2D eigenvalue weighted by Crippen LogP contribution is -2.46. The molecule has 1 aliphatic heterocycles. The van der Waals surface area contributed by atoms with Gasteiger partial charge in [0.1, 0.15) is 5.83 Å². The maximum atomic E-state index is 12.4. The molecular formula is C9H13FN2O. The number of carbonyl (C=O) groups excluding carboxylic acids is 1. The second kappa shape index (κ2) is 4.18. The number of hydrogen-bond donors (Lipinski definition) is 1. The standard InChI is InChI=1S/C9H13FN2O/c1-7(10)5-8(2)12-4-3-11-6-9(12)13/h5,11H,1,3-4,6H2,2H3/b8-5+. The summed E-state index contributed by atoms with van der Waals surface area (Å²) in [7, 11) is 0. The summed E-state index contributed by atoms with van der Waals surface area (Å²) in [4.78, 5) is 12.8. The lowest BCUT2D eigenvalue weighted by atomic mass is 10.3. The van der Waals surface area contributed by atoms with E-state index in [0.717, 1.165) is 6.54 Å². The molecule has 0 unspecified atom stereocenters. The molecular weight excluding hydrogens is 171 g/mol. The van der Waals surface area contributed by atoms with Crippen molar-refractivity contribution in [2.45, 2.75) is 6.92 Å². The minimum Gasteiger partial charge on any atom is -0.314 e. The highest BCUT2D eigenvalue weighted by molar-refractivity contribution is 5.80. The summed E-state index contributed by atoms with van der Waals surface area (Å²) in [5.41, 5.74) is 0.610. The lowest BCUT2D eigenvalue weighted by molar-refractivity contribution is -0.129. The third-order valence-corrected chi connectivity index (χ3v) is 1.88. The van der Waals surface area contributed by atoms with Crippen LogP contribution in [0.2, 0.25) is 0 Å². The molecule has 0 aromatic carbocycles. The molecule has 3 nitrogen and oxygen atoms in total. The van der Waals surface area contributed by atoms with Gasteiger partial charge in [0, 0.05) is 18.8 Å². The summed E-state index contributed by atoms with van der Waals surface area (Å²) < 4.78 is 12.4. The molecule has 1 amide bonds. The van der Waals surface area contributed by atoms with Crippen molar-refractivity contribution < 1.29 is 9.18 Å². The van der Waals surface area contributed by atoms with E-state index < -0.39 is 5.83 Å². The minimum absolute atomic E-state index is 0.0266. The summed E-state index contributed by atoms with van der Waals surface area (Å²) in [6.45, 7) is 6.48. The van der Waals surface area contributed by atoms with Crippen molar-refractivity contribution in [2.24, 2.45) is 0 Å². The highest BCUT2D eigenvalue weighted by Crippen LogP contribution is 2.09.